The number of hydrogen-bond acceptors (Lipinski definition) is 1. The van der Waals surface area contributed by atoms with E-state index in [1.54, 1.807) is 6.07 Å². The Hall–Kier alpha value is -1.80. The van der Waals surface area contributed by atoms with Gasteiger partial charge in [-0.3, -0.25) is 0 Å². The minimum Gasteiger partial charge on any atom is -0.508 e. The van der Waals surface area contributed by atoms with E-state index in [1.165, 1.54) is 16.7 Å². The molecule has 0 unspecified atom stereocenters. The number of aromatic hydroxyl groups is 1. The SMILES string of the molecule is O.Oc1ccc2c(c1)-c1ccccc1-2. The first-order valence-corrected chi connectivity index (χ1v) is 4.29. The average molecular weight is 186 g/mol. The van der Waals surface area contributed by atoms with Gasteiger partial charge in [-0.2, -0.15) is 0 Å². The van der Waals surface area contributed by atoms with Crippen molar-refractivity contribution < 1.29 is 10.6 Å². The number of hydrogen-bond donors (Lipinski definition) is 1. The van der Waals surface area contributed by atoms with Crippen molar-refractivity contribution in [3.8, 4) is 28.0 Å². The van der Waals surface area contributed by atoms with Crippen molar-refractivity contribution in [3.05, 3.63) is 42.5 Å². The Morgan fingerprint density at radius 3 is 2.00 bits per heavy atom. The van der Waals surface area contributed by atoms with Crippen molar-refractivity contribution >= 4 is 0 Å². The van der Waals surface area contributed by atoms with Gasteiger partial charge in [-0.15, -0.1) is 0 Å². The normalized spacial score (nSPS) is 10.6. The Morgan fingerprint density at radius 2 is 1.29 bits per heavy atom. The van der Waals surface area contributed by atoms with Gasteiger partial charge < -0.3 is 10.6 Å². The van der Waals surface area contributed by atoms with Gasteiger partial charge >= 0.3 is 0 Å². The van der Waals surface area contributed by atoms with Crippen LogP contribution in [-0.4, -0.2) is 10.6 Å². The van der Waals surface area contributed by atoms with Gasteiger partial charge in [-0.1, -0.05) is 30.3 Å². The Balaban J connectivity index is 0.000000750. The summed E-state index contributed by atoms with van der Waals surface area (Å²) in [6.45, 7) is 0. The third-order valence-corrected chi connectivity index (χ3v) is 2.51. The van der Waals surface area contributed by atoms with Gasteiger partial charge in [0.05, 0.1) is 0 Å². The van der Waals surface area contributed by atoms with Gasteiger partial charge in [0.1, 0.15) is 5.75 Å². The first kappa shape index (κ1) is 8.78. The molecule has 2 aromatic rings. The molecule has 0 atom stereocenters. The van der Waals surface area contributed by atoms with Crippen molar-refractivity contribution in [3.63, 3.8) is 0 Å². The smallest absolute Gasteiger partial charge is 0.116 e. The summed E-state index contributed by atoms with van der Waals surface area (Å²) in [5.41, 5.74) is 4.94. The third-order valence-electron chi connectivity index (χ3n) is 2.51. The highest BCUT2D eigenvalue weighted by molar-refractivity contribution is 6.02. The Morgan fingerprint density at radius 1 is 0.714 bits per heavy atom. The molecule has 1 aliphatic carbocycles. The summed E-state index contributed by atoms with van der Waals surface area (Å²) in [4.78, 5) is 0. The van der Waals surface area contributed by atoms with Gasteiger partial charge in [0.25, 0.3) is 0 Å². The molecule has 0 aromatic heterocycles. The average Bonchev–Trinajstić information content (AvgIpc) is 2.15. The first-order chi connectivity index (χ1) is 6.36. The van der Waals surface area contributed by atoms with Crippen LogP contribution < -0.4 is 0 Å². The van der Waals surface area contributed by atoms with Crippen molar-refractivity contribution in [1.82, 2.24) is 0 Å². The highest BCUT2D eigenvalue weighted by Gasteiger charge is 2.20. The van der Waals surface area contributed by atoms with Crippen LogP contribution in [0.2, 0.25) is 0 Å². The summed E-state index contributed by atoms with van der Waals surface area (Å²) in [6.07, 6.45) is 0. The molecule has 0 heterocycles. The lowest BCUT2D eigenvalue weighted by molar-refractivity contribution is 0.475. The predicted octanol–water partition coefficient (Wildman–Crippen LogP) is 2.21. The fourth-order valence-corrected chi connectivity index (χ4v) is 1.88. The predicted molar refractivity (Wildman–Crippen MR) is 56.2 cm³/mol. The number of fused-ring (bicyclic) bond motifs is 4. The minimum atomic E-state index is 0. The zero-order valence-corrected chi connectivity index (χ0v) is 7.49. The molecule has 0 amide bonds. The monoisotopic (exact) mass is 186 g/mol. The van der Waals surface area contributed by atoms with E-state index in [1.807, 2.05) is 24.3 Å². The maximum Gasteiger partial charge on any atom is 0.116 e. The minimum absolute atomic E-state index is 0. The van der Waals surface area contributed by atoms with Crippen LogP contribution in [0.1, 0.15) is 0 Å². The van der Waals surface area contributed by atoms with Gasteiger partial charge in [0.15, 0.2) is 0 Å². The zero-order chi connectivity index (χ0) is 8.84. The summed E-state index contributed by atoms with van der Waals surface area (Å²) in [7, 11) is 0. The molecule has 3 rings (SSSR count). The van der Waals surface area contributed by atoms with E-state index >= 15 is 0 Å². The van der Waals surface area contributed by atoms with E-state index in [9.17, 15) is 5.11 Å². The van der Waals surface area contributed by atoms with Crippen LogP contribution >= 0.6 is 0 Å². The Bertz CT molecular complexity index is 489. The quantitative estimate of drug-likeness (QED) is 0.575. The van der Waals surface area contributed by atoms with E-state index in [-0.39, 0.29) is 5.48 Å². The lowest BCUT2D eigenvalue weighted by atomic mass is 9.81. The number of benzene rings is 2. The summed E-state index contributed by atoms with van der Waals surface area (Å²) in [5.74, 6) is 0.341. The zero-order valence-electron chi connectivity index (χ0n) is 7.49. The molecule has 2 aromatic carbocycles. The first-order valence-electron chi connectivity index (χ1n) is 4.29. The lowest BCUT2D eigenvalue weighted by Crippen LogP contribution is -1.96. The molecule has 3 N–H and O–H groups in total. The van der Waals surface area contributed by atoms with Gasteiger partial charge in [0.2, 0.25) is 0 Å². The Kier molecular flexibility index (Phi) is 1.79. The maximum atomic E-state index is 9.30. The summed E-state index contributed by atoms with van der Waals surface area (Å²) >= 11 is 0. The molecule has 0 spiro atoms. The second kappa shape index (κ2) is 2.86. The molecular formula is C12H10O2. The highest BCUT2D eigenvalue weighted by Crippen LogP contribution is 2.47. The van der Waals surface area contributed by atoms with Crippen LogP contribution in [-0.2, 0) is 0 Å². The fraction of sp³-hybridized carbons (Fsp3) is 0. The second-order valence-electron chi connectivity index (χ2n) is 3.28. The molecule has 0 bridgehead atoms. The topological polar surface area (TPSA) is 51.7 Å². The van der Waals surface area contributed by atoms with Gasteiger partial charge in [0, 0.05) is 0 Å². The van der Waals surface area contributed by atoms with Crippen molar-refractivity contribution in [1.29, 1.82) is 0 Å². The van der Waals surface area contributed by atoms with Crippen molar-refractivity contribution in [2.75, 3.05) is 0 Å². The molecule has 2 heteroatoms. The molecular weight excluding hydrogens is 176 g/mol. The van der Waals surface area contributed by atoms with Gasteiger partial charge in [-0.05, 0) is 34.4 Å². The largest absolute Gasteiger partial charge is 0.508 e. The molecule has 14 heavy (non-hydrogen) atoms. The van der Waals surface area contributed by atoms with Crippen LogP contribution in [0.15, 0.2) is 42.5 Å². The van der Waals surface area contributed by atoms with E-state index < -0.39 is 0 Å². The van der Waals surface area contributed by atoms with Crippen LogP contribution in [0.5, 0.6) is 5.75 Å². The lowest BCUT2D eigenvalue weighted by Gasteiger charge is -2.23. The van der Waals surface area contributed by atoms with E-state index in [4.69, 9.17) is 0 Å². The highest BCUT2D eigenvalue weighted by atomic mass is 16.3. The second-order valence-corrected chi connectivity index (χ2v) is 3.28. The number of rotatable bonds is 0. The summed E-state index contributed by atoms with van der Waals surface area (Å²) in [5, 5.41) is 9.30. The van der Waals surface area contributed by atoms with Crippen LogP contribution in [0.3, 0.4) is 0 Å². The maximum absolute atomic E-state index is 9.30. The standard InChI is InChI=1S/C12H8O.H2O/c13-8-5-6-11-9-3-1-2-4-10(9)12(11)7-8;/h1-7,13H;1H2. The van der Waals surface area contributed by atoms with E-state index in [0.717, 1.165) is 5.56 Å². The molecule has 1 aliphatic rings. The molecule has 0 radical (unpaired) electrons. The van der Waals surface area contributed by atoms with Crippen LogP contribution in [0, 0.1) is 0 Å². The summed E-state index contributed by atoms with van der Waals surface area (Å²) < 4.78 is 0. The Labute approximate surface area is 81.8 Å². The van der Waals surface area contributed by atoms with Gasteiger partial charge in [-0.25, -0.2) is 0 Å². The molecule has 0 fully saturated rings. The molecule has 0 aliphatic heterocycles. The molecule has 0 saturated heterocycles. The van der Waals surface area contributed by atoms with E-state index in [0.29, 0.717) is 5.75 Å². The van der Waals surface area contributed by atoms with E-state index in [2.05, 4.69) is 12.1 Å². The number of phenols is 1. The molecule has 0 saturated carbocycles. The molecule has 2 nitrogen and oxygen atoms in total. The third kappa shape index (κ3) is 0.947. The molecule has 70 valence electrons. The van der Waals surface area contributed by atoms with Crippen molar-refractivity contribution in [2.24, 2.45) is 0 Å². The fourth-order valence-electron chi connectivity index (χ4n) is 1.88. The van der Waals surface area contributed by atoms with Crippen LogP contribution in [0.4, 0.5) is 0 Å². The summed E-state index contributed by atoms with van der Waals surface area (Å²) in [6, 6.07) is 13.8. The van der Waals surface area contributed by atoms with Crippen molar-refractivity contribution in [2.45, 2.75) is 0 Å². The van der Waals surface area contributed by atoms with Crippen LogP contribution in [0.25, 0.3) is 22.3 Å². The number of phenolic OH excluding ortho intramolecular Hbond substituents is 1.